The summed E-state index contributed by atoms with van der Waals surface area (Å²) in [4.78, 5) is 4.94. The van der Waals surface area contributed by atoms with Crippen LogP contribution in [-0.4, -0.2) is 18.9 Å². The van der Waals surface area contributed by atoms with Gasteiger partial charge >= 0.3 is 0 Å². The first-order valence-corrected chi connectivity index (χ1v) is 5.68. The molecule has 0 fully saturated rings. The smallest absolute Gasteiger partial charge is 0.177 e. The number of hydrogen-bond acceptors (Lipinski definition) is 3. The van der Waals surface area contributed by atoms with Gasteiger partial charge in [0.15, 0.2) is 6.61 Å². The van der Waals surface area contributed by atoms with Crippen LogP contribution in [0.4, 0.5) is 0 Å². The largest absolute Gasteiger partial charge is 0.383 e. The maximum Gasteiger partial charge on any atom is 0.177 e. The molecule has 1 aromatic carbocycles. The van der Waals surface area contributed by atoms with Gasteiger partial charge in [-0.1, -0.05) is 40.2 Å². The molecule has 0 amide bonds. The Morgan fingerprint density at radius 3 is 2.82 bits per heavy atom. The van der Waals surface area contributed by atoms with Crippen LogP contribution >= 0.6 is 23.2 Å². The fourth-order valence-electron chi connectivity index (χ4n) is 0.924. The van der Waals surface area contributed by atoms with Crippen LogP contribution in [0.2, 0.25) is 10.0 Å². The monoisotopic (exact) mass is 270 g/mol. The van der Waals surface area contributed by atoms with Crippen LogP contribution < -0.4 is 5.73 Å². The van der Waals surface area contributed by atoms with Gasteiger partial charge in [0, 0.05) is 12.1 Å². The lowest BCUT2D eigenvalue weighted by molar-refractivity contribution is 0.179. The maximum atomic E-state index is 5.85. The van der Waals surface area contributed by atoms with E-state index in [1.165, 1.54) is 0 Å². The third-order valence-electron chi connectivity index (χ3n) is 1.80. The Hall–Kier alpha value is -1.21. The lowest BCUT2D eigenvalue weighted by Crippen LogP contribution is -2.09. The molecule has 0 heterocycles. The molecule has 0 atom stereocenters. The predicted octanol–water partition coefficient (Wildman–Crippen LogP) is 2.70. The van der Waals surface area contributed by atoms with Gasteiger partial charge in [-0.3, -0.25) is 0 Å². The molecule has 0 unspecified atom stereocenters. The molecule has 0 aromatic heterocycles. The van der Waals surface area contributed by atoms with Crippen LogP contribution in [0.3, 0.4) is 0 Å². The lowest BCUT2D eigenvalue weighted by Gasteiger charge is -1.96. The van der Waals surface area contributed by atoms with E-state index in [4.69, 9.17) is 33.8 Å². The highest BCUT2D eigenvalue weighted by Gasteiger charge is 1.96. The Balaban J connectivity index is 2.52. The summed E-state index contributed by atoms with van der Waals surface area (Å²) in [6.45, 7) is 2.37. The summed E-state index contributed by atoms with van der Waals surface area (Å²) in [6, 6.07) is 5.19. The highest BCUT2D eigenvalue weighted by atomic mass is 35.5. The number of rotatable bonds is 3. The average molecular weight is 271 g/mol. The van der Waals surface area contributed by atoms with Gasteiger partial charge in [-0.25, -0.2) is 0 Å². The van der Waals surface area contributed by atoms with Gasteiger partial charge < -0.3 is 10.6 Å². The Bertz CT molecular complexity index is 475. The molecule has 1 aromatic rings. The third-order valence-corrected chi connectivity index (χ3v) is 2.54. The lowest BCUT2D eigenvalue weighted by atomic mass is 10.2. The van der Waals surface area contributed by atoms with E-state index in [0.29, 0.717) is 16.6 Å². The summed E-state index contributed by atoms with van der Waals surface area (Å²) >= 11 is 11.6. The van der Waals surface area contributed by atoms with Crippen molar-refractivity contribution in [1.82, 2.24) is 0 Å². The number of oxime groups is 1. The quantitative estimate of drug-likeness (QED) is 0.397. The highest BCUT2D eigenvalue weighted by Crippen LogP contribution is 2.21. The molecular weight excluding hydrogens is 259 g/mol. The van der Waals surface area contributed by atoms with Gasteiger partial charge in [0.05, 0.1) is 15.8 Å². The van der Waals surface area contributed by atoms with Crippen LogP contribution in [0.5, 0.6) is 0 Å². The third kappa shape index (κ3) is 5.10. The van der Waals surface area contributed by atoms with Crippen molar-refractivity contribution in [3.63, 3.8) is 0 Å². The standard InChI is InChI=1S/C12H12Cl2N2O/c1-9(8-15)16-17-6-2-3-10-4-5-11(13)12(14)7-10/h4-5,7H,6,8,15H2,1H3. The van der Waals surface area contributed by atoms with Crippen LogP contribution in [0.1, 0.15) is 12.5 Å². The summed E-state index contributed by atoms with van der Waals surface area (Å²) in [5, 5.41) is 4.74. The molecule has 2 N–H and O–H groups in total. The fourth-order valence-corrected chi connectivity index (χ4v) is 1.22. The second kappa shape index (κ2) is 7.18. The van der Waals surface area contributed by atoms with Crippen LogP contribution in [0.15, 0.2) is 23.4 Å². The van der Waals surface area contributed by atoms with Crippen molar-refractivity contribution in [3.05, 3.63) is 33.8 Å². The van der Waals surface area contributed by atoms with Gasteiger partial charge in [-0.05, 0) is 25.1 Å². The molecule has 0 aliphatic rings. The van der Waals surface area contributed by atoms with Gasteiger partial charge in [0.2, 0.25) is 0 Å². The van der Waals surface area contributed by atoms with E-state index in [9.17, 15) is 0 Å². The van der Waals surface area contributed by atoms with Crippen molar-refractivity contribution < 1.29 is 4.84 Å². The number of halogens is 2. The second-order valence-electron chi connectivity index (χ2n) is 3.23. The first-order valence-electron chi connectivity index (χ1n) is 4.93. The first-order chi connectivity index (χ1) is 8.13. The molecule has 0 spiro atoms. The molecule has 0 saturated heterocycles. The molecule has 5 heteroatoms. The van der Waals surface area contributed by atoms with E-state index in [-0.39, 0.29) is 6.61 Å². The van der Waals surface area contributed by atoms with Crippen LogP contribution in [0, 0.1) is 11.8 Å². The Kier molecular flexibility index (Phi) is 5.85. The van der Waals surface area contributed by atoms with E-state index >= 15 is 0 Å². The first kappa shape index (κ1) is 13.9. The minimum atomic E-state index is 0.206. The molecule has 0 bridgehead atoms. The molecule has 90 valence electrons. The number of benzene rings is 1. The van der Waals surface area contributed by atoms with Crippen molar-refractivity contribution in [2.75, 3.05) is 13.2 Å². The minimum absolute atomic E-state index is 0.206. The number of hydrogen-bond donors (Lipinski definition) is 1. The van der Waals surface area contributed by atoms with E-state index in [0.717, 1.165) is 11.3 Å². The predicted molar refractivity (Wildman–Crippen MR) is 71.5 cm³/mol. The van der Waals surface area contributed by atoms with Crippen molar-refractivity contribution in [1.29, 1.82) is 0 Å². The highest BCUT2D eigenvalue weighted by molar-refractivity contribution is 6.42. The van der Waals surface area contributed by atoms with Crippen molar-refractivity contribution >= 4 is 28.9 Å². The molecule has 17 heavy (non-hydrogen) atoms. The summed E-state index contributed by atoms with van der Waals surface area (Å²) in [5.41, 5.74) is 6.84. The van der Waals surface area contributed by atoms with E-state index in [1.54, 1.807) is 25.1 Å². The number of nitrogens with zero attached hydrogens (tertiary/aromatic N) is 1. The Labute approximate surface area is 111 Å². The van der Waals surface area contributed by atoms with Gasteiger partial charge in [-0.15, -0.1) is 0 Å². The van der Waals surface area contributed by atoms with Crippen molar-refractivity contribution in [2.24, 2.45) is 10.9 Å². The molecule has 3 nitrogen and oxygen atoms in total. The molecule has 1 rings (SSSR count). The maximum absolute atomic E-state index is 5.85. The molecule has 0 aliphatic carbocycles. The minimum Gasteiger partial charge on any atom is -0.383 e. The van der Waals surface area contributed by atoms with Gasteiger partial charge in [-0.2, -0.15) is 0 Å². The summed E-state index contributed by atoms with van der Waals surface area (Å²) in [7, 11) is 0. The Morgan fingerprint density at radius 1 is 1.41 bits per heavy atom. The molecular formula is C12H12Cl2N2O. The number of nitrogens with two attached hydrogens (primary N) is 1. The van der Waals surface area contributed by atoms with Gasteiger partial charge in [0.1, 0.15) is 0 Å². The summed E-state index contributed by atoms with van der Waals surface area (Å²) in [5.74, 6) is 5.69. The SMILES string of the molecule is CC(CN)=NOCC#Cc1ccc(Cl)c(Cl)c1. The normalized spacial score (nSPS) is 10.7. The summed E-state index contributed by atoms with van der Waals surface area (Å²) < 4.78 is 0. The molecule has 0 aliphatic heterocycles. The van der Waals surface area contributed by atoms with E-state index < -0.39 is 0 Å². The molecule has 0 saturated carbocycles. The second-order valence-corrected chi connectivity index (χ2v) is 4.05. The van der Waals surface area contributed by atoms with Crippen molar-refractivity contribution in [2.45, 2.75) is 6.92 Å². The van der Waals surface area contributed by atoms with Crippen LogP contribution in [-0.2, 0) is 4.84 Å². The fraction of sp³-hybridized carbons (Fsp3) is 0.250. The zero-order valence-electron chi connectivity index (χ0n) is 9.34. The summed E-state index contributed by atoms with van der Waals surface area (Å²) in [6.07, 6.45) is 0. The van der Waals surface area contributed by atoms with Gasteiger partial charge in [0.25, 0.3) is 0 Å². The van der Waals surface area contributed by atoms with Crippen LogP contribution in [0.25, 0.3) is 0 Å². The topological polar surface area (TPSA) is 47.6 Å². The van der Waals surface area contributed by atoms with Crippen molar-refractivity contribution in [3.8, 4) is 11.8 Å². The zero-order chi connectivity index (χ0) is 12.7. The zero-order valence-corrected chi connectivity index (χ0v) is 10.8. The average Bonchev–Trinajstić information content (AvgIpc) is 2.33. The van der Waals surface area contributed by atoms with E-state index in [1.807, 2.05) is 0 Å². The Morgan fingerprint density at radius 2 is 2.18 bits per heavy atom. The van der Waals surface area contributed by atoms with E-state index in [2.05, 4.69) is 17.0 Å². The molecule has 0 radical (unpaired) electrons.